The Bertz CT molecular complexity index is 517. The largest absolute Gasteiger partial charge is 0.367 e. The number of rotatable bonds is 2. The Morgan fingerprint density at radius 1 is 1.12 bits per heavy atom. The summed E-state index contributed by atoms with van der Waals surface area (Å²) < 4.78 is 0. The van der Waals surface area contributed by atoms with Crippen LogP contribution in [0.2, 0.25) is 5.28 Å². The van der Waals surface area contributed by atoms with Crippen molar-refractivity contribution in [2.24, 2.45) is 0 Å². The lowest BCUT2D eigenvalue weighted by molar-refractivity contribution is 0.768. The molecule has 0 unspecified atom stereocenters. The average Bonchev–Trinajstić information content (AvgIpc) is 2.71. The summed E-state index contributed by atoms with van der Waals surface area (Å²) in [6.45, 7) is 0. The van der Waals surface area contributed by atoms with Gasteiger partial charge in [0.15, 0.2) is 0 Å². The maximum absolute atomic E-state index is 5.76. The zero-order chi connectivity index (χ0) is 11.7. The molecule has 0 bridgehead atoms. The Labute approximate surface area is 105 Å². The Morgan fingerprint density at radius 3 is 2.47 bits per heavy atom. The number of nitrogens with zero attached hydrogens (tertiary/aromatic N) is 2. The van der Waals surface area contributed by atoms with Crippen LogP contribution in [0.15, 0.2) is 36.5 Å². The van der Waals surface area contributed by atoms with Gasteiger partial charge in [-0.2, -0.15) is 0 Å². The molecule has 4 heteroatoms. The first-order valence-corrected chi connectivity index (χ1v) is 6.01. The third-order valence-corrected chi connectivity index (χ3v) is 3.21. The Kier molecular flexibility index (Phi) is 2.69. The summed E-state index contributed by atoms with van der Waals surface area (Å²) in [5.74, 6) is 0.794. The number of benzene rings is 1. The lowest BCUT2D eigenvalue weighted by atomic mass is 10.1. The fraction of sp³-hybridized carbons (Fsp3) is 0.231. The number of hydrogen-bond acceptors (Lipinski definition) is 3. The van der Waals surface area contributed by atoms with E-state index in [1.807, 2.05) is 6.07 Å². The average molecular weight is 246 g/mol. The predicted molar refractivity (Wildman–Crippen MR) is 68.3 cm³/mol. The summed E-state index contributed by atoms with van der Waals surface area (Å²) in [5.41, 5.74) is 2.84. The second-order valence-corrected chi connectivity index (χ2v) is 4.57. The highest BCUT2D eigenvalue weighted by atomic mass is 35.5. The maximum atomic E-state index is 5.76. The van der Waals surface area contributed by atoms with Crippen LogP contribution in [0.4, 0.5) is 5.82 Å². The van der Waals surface area contributed by atoms with E-state index < -0.39 is 0 Å². The van der Waals surface area contributed by atoms with E-state index in [1.165, 1.54) is 11.1 Å². The van der Waals surface area contributed by atoms with Gasteiger partial charge in [0.2, 0.25) is 5.28 Å². The molecule has 0 radical (unpaired) electrons. The molecular weight excluding hydrogens is 234 g/mol. The minimum absolute atomic E-state index is 0.283. The minimum Gasteiger partial charge on any atom is -0.367 e. The summed E-state index contributed by atoms with van der Waals surface area (Å²) in [7, 11) is 0. The molecule has 17 heavy (non-hydrogen) atoms. The van der Waals surface area contributed by atoms with Crippen molar-refractivity contribution in [3.8, 4) is 0 Å². The summed E-state index contributed by atoms with van der Waals surface area (Å²) in [6, 6.07) is 10.8. The van der Waals surface area contributed by atoms with Gasteiger partial charge in [0.1, 0.15) is 5.82 Å². The molecule has 0 saturated heterocycles. The summed E-state index contributed by atoms with van der Waals surface area (Å²) in [5, 5.41) is 3.68. The number of aromatic nitrogens is 2. The van der Waals surface area contributed by atoms with Gasteiger partial charge in [0.05, 0.1) is 0 Å². The highest BCUT2D eigenvalue weighted by Gasteiger charge is 2.20. The van der Waals surface area contributed by atoms with Gasteiger partial charge in [0, 0.05) is 12.2 Å². The van der Waals surface area contributed by atoms with Crippen molar-refractivity contribution in [2.45, 2.75) is 18.9 Å². The van der Waals surface area contributed by atoms with Gasteiger partial charge in [-0.1, -0.05) is 24.3 Å². The second kappa shape index (κ2) is 4.34. The highest BCUT2D eigenvalue weighted by molar-refractivity contribution is 6.28. The molecule has 0 aliphatic heterocycles. The fourth-order valence-corrected chi connectivity index (χ4v) is 2.43. The van der Waals surface area contributed by atoms with Crippen molar-refractivity contribution in [1.82, 2.24) is 9.97 Å². The van der Waals surface area contributed by atoms with Gasteiger partial charge >= 0.3 is 0 Å². The number of fused-ring (bicyclic) bond motifs is 1. The van der Waals surface area contributed by atoms with E-state index in [0.29, 0.717) is 6.04 Å². The van der Waals surface area contributed by atoms with Gasteiger partial charge in [-0.25, -0.2) is 9.97 Å². The first-order valence-electron chi connectivity index (χ1n) is 5.63. The SMILES string of the molecule is Clc1nccc(NC2Cc3ccccc3C2)n1. The maximum Gasteiger partial charge on any atom is 0.224 e. The van der Waals surface area contributed by atoms with Crippen LogP contribution in [0, 0.1) is 0 Å². The van der Waals surface area contributed by atoms with E-state index in [-0.39, 0.29) is 5.28 Å². The highest BCUT2D eigenvalue weighted by Crippen LogP contribution is 2.23. The number of hydrogen-bond donors (Lipinski definition) is 1. The standard InChI is InChI=1S/C13H12ClN3/c14-13-15-6-5-12(17-13)16-11-7-9-3-1-2-4-10(9)8-11/h1-6,11H,7-8H2,(H,15,16,17). The van der Waals surface area contributed by atoms with E-state index in [0.717, 1.165) is 18.7 Å². The number of halogens is 1. The molecule has 0 fully saturated rings. The fourth-order valence-electron chi connectivity index (χ4n) is 2.29. The van der Waals surface area contributed by atoms with Crippen LogP contribution in [-0.2, 0) is 12.8 Å². The van der Waals surface area contributed by atoms with Gasteiger partial charge in [-0.05, 0) is 41.6 Å². The molecular formula is C13H12ClN3. The lowest BCUT2D eigenvalue weighted by Crippen LogP contribution is -2.20. The third-order valence-electron chi connectivity index (χ3n) is 3.03. The molecule has 1 aliphatic carbocycles. The van der Waals surface area contributed by atoms with E-state index >= 15 is 0 Å². The van der Waals surface area contributed by atoms with Gasteiger partial charge < -0.3 is 5.32 Å². The molecule has 3 nitrogen and oxygen atoms in total. The zero-order valence-corrected chi connectivity index (χ0v) is 9.98. The lowest BCUT2D eigenvalue weighted by Gasteiger charge is -2.12. The molecule has 86 valence electrons. The number of nitrogens with one attached hydrogen (secondary N) is 1. The molecule has 0 saturated carbocycles. The van der Waals surface area contributed by atoms with Crippen molar-refractivity contribution in [2.75, 3.05) is 5.32 Å². The summed E-state index contributed by atoms with van der Waals surface area (Å²) in [4.78, 5) is 8.01. The van der Waals surface area contributed by atoms with Gasteiger partial charge in [-0.15, -0.1) is 0 Å². The van der Waals surface area contributed by atoms with Gasteiger partial charge in [-0.3, -0.25) is 0 Å². The van der Waals surface area contributed by atoms with Gasteiger partial charge in [0.25, 0.3) is 0 Å². The predicted octanol–water partition coefficient (Wildman–Crippen LogP) is 2.71. The Morgan fingerprint density at radius 2 is 1.82 bits per heavy atom. The van der Waals surface area contributed by atoms with Crippen LogP contribution < -0.4 is 5.32 Å². The molecule has 1 heterocycles. The Hall–Kier alpha value is -1.61. The first-order chi connectivity index (χ1) is 8.31. The van der Waals surface area contributed by atoms with E-state index in [9.17, 15) is 0 Å². The molecule has 2 aromatic rings. The third kappa shape index (κ3) is 2.24. The van der Waals surface area contributed by atoms with Crippen molar-refractivity contribution in [1.29, 1.82) is 0 Å². The van der Waals surface area contributed by atoms with E-state index in [4.69, 9.17) is 11.6 Å². The molecule has 1 N–H and O–H groups in total. The molecule has 0 amide bonds. The second-order valence-electron chi connectivity index (χ2n) is 4.23. The topological polar surface area (TPSA) is 37.8 Å². The van der Waals surface area contributed by atoms with Crippen LogP contribution in [0.3, 0.4) is 0 Å². The van der Waals surface area contributed by atoms with Crippen molar-refractivity contribution in [3.63, 3.8) is 0 Å². The van der Waals surface area contributed by atoms with Crippen LogP contribution in [0.25, 0.3) is 0 Å². The zero-order valence-electron chi connectivity index (χ0n) is 9.23. The van der Waals surface area contributed by atoms with Crippen LogP contribution in [0.5, 0.6) is 0 Å². The normalized spacial score (nSPS) is 14.6. The summed E-state index contributed by atoms with van der Waals surface area (Å²) in [6.07, 6.45) is 3.75. The van der Waals surface area contributed by atoms with Crippen molar-refractivity contribution < 1.29 is 0 Å². The van der Waals surface area contributed by atoms with Crippen molar-refractivity contribution >= 4 is 17.4 Å². The van der Waals surface area contributed by atoms with Crippen LogP contribution in [-0.4, -0.2) is 16.0 Å². The molecule has 1 aliphatic rings. The number of anilines is 1. The molecule has 1 aromatic carbocycles. The first kappa shape index (κ1) is 10.5. The monoisotopic (exact) mass is 245 g/mol. The van der Waals surface area contributed by atoms with Crippen LogP contribution in [0.1, 0.15) is 11.1 Å². The van der Waals surface area contributed by atoms with Crippen molar-refractivity contribution in [3.05, 3.63) is 52.9 Å². The quantitative estimate of drug-likeness (QED) is 0.827. The van der Waals surface area contributed by atoms with Crippen LogP contribution >= 0.6 is 11.6 Å². The molecule has 0 spiro atoms. The molecule has 0 atom stereocenters. The molecule has 1 aromatic heterocycles. The Balaban J connectivity index is 1.74. The smallest absolute Gasteiger partial charge is 0.224 e. The van der Waals surface area contributed by atoms with E-state index in [2.05, 4.69) is 39.6 Å². The van der Waals surface area contributed by atoms with E-state index in [1.54, 1.807) is 6.20 Å². The minimum atomic E-state index is 0.283. The summed E-state index contributed by atoms with van der Waals surface area (Å²) >= 11 is 5.76. The molecule has 3 rings (SSSR count).